The summed E-state index contributed by atoms with van der Waals surface area (Å²) >= 11 is 0. The van der Waals surface area contributed by atoms with Gasteiger partial charge < -0.3 is 9.47 Å². The maximum Gasteiger partial charge on any atom is 0.0645 e. The average Bonchev–Trinajstić information content (AvgIpc) is 1.94. The fourth-order valence-electron chi connectivity index (χ4n) is 1.29. The molecule has 2 nitrogen and oxygen atoms in total. The molecule has 0 radical (unpaired) electrons. The zero-order chi connectivity index (χ0) is 9.03. The van der Waals surface area contributed by atoms with Crippen molar-refractivity contribution in [1.29, 1.82) is 0 Å². The normalized spacial score (nSPS) is 20.6. The van der Waals surface area contributed by atoms with Crippen molar-refractivity contribution < 1.29 is 9.47 Å². The third-order valence-electron chi connectivity index (χ3n) is 2.63. The minimum atomic E-state index is 0.281. The lowest BCUT2D eigenvalue weighted by Gasteiger charge is -2.44. The lowest BCUT2D eigenvalue weighted by atomic mass is 9.76. The Labute approximate surface area is 74.6 Å². The molecule has 1 fully saturated rings. The number of ether oxygens (including phenoxy) is 2. The Hall–Kier alpha value is -0.340. The number of hydrogen-bond donors (Lipinski definition) is 0. The first kappa shape index (κ1) is 9.75. The van der Waals surface area contributed by atoms with Crippen LogP contribution in [0.2, 0.25) is 0 Å². The molecule has 1 aliphatic heterocycles. The molecule has 2 heteroatoms. The van der Waals surface area contributed by atoms with E-state index >= 15 is 0 Å². The SMILES string of the molecule is C=CCOCC1(C(C)C)COC1. The van der Waals surface area contributed by atoms with Crippen LogP contribution in [0, 0.1) is 11.3 Å². The highest BCUT2D eigenvalue weighted by atomic mass is 16.5. The molecular formula is C10H18O2. The summed E-state index contributed by atoms with van der Waals surface area (Å²) in [6.45, 7) is 11.2. The fourth-order valence-corrected chi connectivity index (χ4v) is 1.29. The van der Waals surface area contributed by atoms with Gasteiger partial charge in [-0.2, -0.15) is 0 Å². The Morgan fingerprint density at radius 2 is 2.25 bits per heavy atom. The zero-order valence-electron chi connectivity index (χ0n) is 8.01. The van der Waals surface area contributed by atoms with E-state index in [2.05, 4.69) is 20.4 Å². The van der Waals surface area contributed by atoms with Crippen molar-refractivity contribution in [2.45, 2.75) is 13.8 Å². The summed E-state index contributed by atoms with van der Waals surface area (Å²) in [5, 5.41) is 0. The second kappa shape index (κ2) is 4.06. The predicted octanol–water partition coefficient (Wildman–Crippen LogP) is 1.86. The molecule has 0 atom stereocenters. The van der Waals surface area contributed by atoms with E-state index in [0.717, 1.165) is 19.8 Å². The quantitative estimate of drug-likeness (QED) is 0.463. The van der Waals surface area contributed by atoms with Crippen LogP contribution < -0.4 is 0 Å². The molecular weight excluding hydrogens is 152 g/mol. The van der Waals surface area contributed by atoms with Crippen LogP contribution in [0.4, 0.5) is 0 Å². The molecule has 0 bridgehead atoms. The Morgan fingerprint density at radius 3 is 2.58 bits per heavy atom. The average molecular weight is 170 g/mol. The summed E-state index contributed by atoms with van der Waals surface area (Å²) in [7, 11) is 0. The van der Waals surface area contributed by atoms with Crippen LogP contribution in [0.3, 0.4) is 0 Å². The maximum absolute atomic E-state index is 5.45. The van der Waals surface area contributed by atoms with E-state index < -0.39 is 0 Å². The van der Waals surface area contributed by atoms with Gasteiger partial charge in [-0.05, 0) is 5.92 Å². The first-order chi connectivity index (χ1) is 5.71. The number of rotatable bonds is 5. The Morgan fingerprint density at radius 1 is 1.58 bits per heavy atom. The largest absolute Gasteiger partial charge is 0.380 e. The summed E-state index contributed by atoms with van der Waals surface area (Å²) in [5.74, 6) is 0.635. The van der Waals surface area contributed by atoms with E-state index in [-0.39, 0.29) is 5.41 Å². The van der Waals surface area contributed by atoms with Crippen LogP contribution in [0.25, 0.3) is 0 Å². The first-order valence-corrected chi connectivity index (χ1v) is 4.48. The smallest absolute Gasteiger partial charge is 0.0645 e. The Bertz CT molecular complexity index is 148. The lowest BCUT2D eigenvalue weighted by Crippen LogP contribution is -2.50. The molecule has 70 valence electrons. The molecule has 0 saturated carbocycles. The van der Waals surface area contributed by atoms with E-state index in [1.165, 1.54) is 0 Å². The van der Waals surface area contributed by atoms with Crippen LogP contribution in [0.1, 0.15) is 13.8 Å². The Balaban J connectivity index is 2.29. The molecule has 0 aromatic rings. The molecule has 0 aromatic heterocycles. The van der Waals surface area contributed by atoms with Crippen LogP contribution in [-0.2, 0) is 9.47 Å². The molecule has 1 aliphatic rings. The van der Waals surface area contributed by atoms with Crippen molar-refractivity contribution in [3.63, 3.8) is 0 Å². The van der Waals surface area contributed by atoms with Gasteiger partial charge in [0.2, 0.25) is 0 Å². The summed E-state index contributed by atoms with van der Waals surface area (Å²) in [6.07, 6.45) is 1.79. The van der Waals surface area contributed by atoms with E-state index in [1.807, 2.05) is 0 Å². The molecule has 0 N–H and O–H groups in total. The van der Waals surface area contributed by atoms with Gasteiger partial charge in [-0.1, -0.05) is 19.9 Å². The summed E-state index contributed by atoms with van der Waals surface area (Å²) < 4.78 is 10.7. The standard InChI is InChI=1S/C10H18O2/c1-4-5-11-6-10(9(2)3)7-12-8-10/h4,9H,1,5-8H2,2-3H3. The molecule has 0 aliphatic carbocycles. The second-order valence-corrected chi connectivity index (χ2v) is 3.81. The summed E-state index contributed by atoms with van der Waals surface area (Å²) in [6, 6.07) is 0. The van der Waals surface area contributed by atoms with Crippen LogP contribution in [0.15, 0.2) is 12.7 Å². The van der Waals surface area contributed by atoms with Gasteiger partial charge >= 0.3 is 0 Å². The van der Waals surface area contributed by atoms with Gasteiger partial charge in [0.25, 0.3) is 0 Å². The van der Waals surface area contributed by atoms with Gasteiger partial charge in [0.05, 0.1) is 26.4 Å². The van der Waals surface area contributed by atoms with Crippen LogP contribution in [-0.4, -0.2) is 26.4 Å². The highest BCUT2D eigenvalue weighted by Gasteiger charge is 2.41. The minimum absolute atomic E-state index is 0.281. The molecule has 12 heavy (non-hydrogen) atoms. The molecule has 1 heterocycles. The molecule has 0 amide bonds. The van der Waals surface area contributed by atoms with Gasteiger partial charge in [0.15, 0.2) is 0 Å². The van der Waals surface area contributed by atoms with Gasteiger partial charge in [-0.15, -0.1) is 6.58 Å². The fraction of sp³-hybridized carbons (Fsp3) is 0.800. The van der Waals surface area contributed by atoms with Crippen molar-refractivity contribution in [2.24, 2.45) is 11.3 Å². The highest BCUT2D eigenvalue weighted by molar-refractivity contribution is 4.88. The predicted molar refractivity (Wildman–Crippen MR) is 49.1 cm³/mol. The molecule has 0 aromatic carbocycles. The van der Waals surface area contributed by atoms with Crippen LogP contribution >= 0.6 is 0 Å². The van der Waals surface area contributed by atoms with Crippen molar-refractivity contribution in [1.82, 2.24) is 0 Å². The topological polar surface area (TPSA) is 18.5 Å². The van der Waals surface area contributed by atoms with Crippen molar-refractivity contribution in [3.05, 3.63) is 12.7 Å². The van der Waals surface area contributed by atoms with E-state index in [0.29, 0.717) is 12.5 Å². The second-order valence-electron chi connectivity index (χ2n) is 3.81. The van der Waals surface area contributed by atoms with Crippen molar-refractivity contribution >= 4 is 0 Å². The van der Waals surface area contributed by atoms with Gasteiger partial charge in [-0.3, -0.25) is 0 Å². The minimum Gasteiger partial charge on any atom is -0.380 e. The molecule has 0 unspecified atom stereocenters. The molecule has 1 rings (SSSR count). The molecule has 0 spiro atoms. The van der Waals surface area contributed by atoms with E-state index in [9.17, 15) is 0 Å². The van der Waals surface area contributed by atoms with Gasteiger partial charge in [0.1, 0.15) is 0 Å². The van der Waals surface area contributed by atoms with Crippen molar-refractivity contribution in [2.75, 3.05) is 26.4 Å². The first-order valence-electron chi connectivity index (χ1n) is 4.48. The third-order valence-corrected chi connectivity index (χ3v) is 2.63. The maximum atomic E-state index is 5.45. The zero-order valence-corrected chi connectivity index (χ0v) is 8.01. The lowest BCUT2D eigenvalue weighted by molar-refractivity contribution is -0.169. The number of hydrogen-bond acceptors (Lipinski definition) is 2. The summed E-state index contributed by atoms with van der Waals surface area (Å²) in [4.78, 5) is 0. The monoisotopic (exact) mass is 170 g/mol. The highest BCUT2D eigenvalue weighted by Crippen LogP contribution is 2.35. The van der Waals surface area contributed by atoms with Gasteiger partial charge in [-0.25, -0.2) is 0 Å². The van der Waals surface area contributed by atoms with Gasteiger partial charge in [0, 0.05) is 5.41 Å². The van der Waals surface area contributed by atoms with E-state index in [1.54, 1.807) is 6.08 Å². The van der Waals surface area contributed by atoms with Crippen molar-refractivity contribution in [3.8, 4) is 0 Å². The third kappa shape index (κ3) is 1.87. The summed E-state index contributed by atoms with van der Waals surface area (Å²) in [5.41, 5.74) is 0.281. The Kier molecular flexibility index (Phi) is 3.29. The van der Waals surface area contributed by atoms with Crippen LogP contribution in [0.5, 0.6) is 0 Å². The molecule has 1 saturated heterocycles. The van der Waals surface area contributed by atoms with E-state index in [4.69, 9.17) is 9.47 Å².